The number of rotatable bonds is 2. The van der Waals surface area contributed by atoms with Crippen LogP contribution < -0.4 is 0 Å². The van der Waals surface area contributed by atoms with Gasteiger partial charge in [-0.1, -0.05) is 6.58 Å². The minimum Gasteiger partial charge on any atom is -0.498 e. The Balaban J connectivity index is 2.05. The van der Waals surface area contributed by atoms with Gasteiger partial charge in [0.1, 0.15) is 6.10 Å². The van der Waals surface area contributed by atoms with E-state index in [1.807, 2.05) is 0 Å². The number of fused-ring (bicyclic) bond motifs is 2. The molecule has 0 spiro atoms. The van der Waals surface area contributed by atoms with Gasteiger partial charge >= 0.3 is 0 Å². The molecule has 0 aromatic rings. The molecule has 2 aliphatic carbocycles. The number of hydrogen-bond donors (Lipinski definition) is 2. The normalized spacial score (nSPS) is 51.0. The fraction of sp³-hybridized carbons (Fsp3) is 0.778. The maximum Gasteiger partial charge on any atom is 0.104 e. The molecule has 5 unspecified atom stereocenters. The molecule has 68 valence electrons. The summed E-state index contributed by atoms with van der Waals surface area (Å²) in [5, 5.41) is 19.0. The molecule has 2 N–H and O–H groups in total. The van der Waals surface area contributed by atoms with Crippen molar-refractivity contribution in [1.82, 2.24) is 0 Å². The van der Waals surface area contributed by atoms with Gasteiger partial charge in [0.2, 0.25) is 0 Å². The van der Waals surface area contributed by atoms with Gasteiger partial charge in [-0.05, 0) is 18.8 Å². The average Bonchev–Trinajstić information content (AvgIpc) is 2.55. The quantitative estimate of drug-likeness (QED) is 0.585. The Labute approximate surface area is 71.7 Å². The third-order valence-electron chi connectivity index (χ3n) is 3.13. The van der Waals surface area contributed by atoms with Crippen LogP contribution in [0.2, 0.25) is 0 Å². The van der Waals surface area contributed by atoms with Crippen molar-refractivity contribution in [2.24, 2.45) is 11.8 Å². The second-order valence-electron chi connectivity index (χ2n) is 3.72. The first-order valence-corrected chi connectivity index (χ1v) is 4.36. The Morgan fingerprint density at radius 1 is 1.25 bits per heavy atom. The van der Waals surface area contributed by atoms with Crippen molar-refractivity contribution in [1.29, 1.82) is 0 Å². The van der Waals surface area contributed by atoms with Crippen LogP contribution in [0.1, 0.15) is 12.8 Å². The number of aliphatic hydroxyl groups excluding tert-OH is 2. The first-order valence-electron chi connectivity index (χ1n) is 4.36. The zero-order valence-electron chi connectivity index (χ0n) is 6.89. The summed E-state index contributed by atoms with van der Waals surface area (Å²) in [5.41, 5.74) is 0. The van der Waals surface area contributed by atoms with Gasteiger partial charge in [0, 0.05) is 5.92 Å². The van der Waals surface area contributed by atoms with E-state index < -0.39 is 12.2 Å². The largest absolute Gasteiger partial charge is 0.498 e. The Morgan fingerprint density at radius 3 is 2.50 bits per heavy atom. The SMILES string of the molecule is C=COC1CC2CC1C(O)C2O. The van der Waals surface area contributed by atoms with E-state index in [9.17, 15) is 10.2 Å². The average molecular weight is 170 g/mol. The van der Waals surface area contributed by atoms with E-state index >= 15 is 0 Å². The summed E-state index contributed by atoms with van der Waals surface area (Å²) in [6.07, 6.45) is 2.12. The number of hydrogen-bond acceptors (Lipinski definition) is 3. The lowest BCUT2D eigenvalue weighted by molar-refractivity contribution is -0.0623. The van der Waals surface area contributed by atoms with Gasteiger partial charge in [0.05, 0.1) is 18.5 Å². The van der Waals surface area contributed by atoms with Crippen LogP contribution in [-0.2, 0) is 4.74 Å². The third-order valence-corrected chi connectivity index (χ3v) is 3.13. The molecule has 2 aliphatic rings. The van der Waals surface area contributed by atoms with Gasteiger partial charge in [-0.3, -0.25) is 0 Å². The van der Waals surface area contributed by atoms with Crippen molar-refractivity contribution in [2.45, 2.75) is 31.2 Å². The van der Waals surface area contributed by atoms with E-state index in [1.165, 1.54) is 6.26 Å². The Morgan fingerprint density at radius 2 is 2.00 bits per heavy atom. The van der Waals surface area contributed by atoms with Gasteiger partial charge in [-0.2, -0.15) is 0 Å². The van der Waals surface area contributed by atoms with Gasteiger partial charge in [0.25, 0.3) is 0 Å². The van der Waals surface area contributed by atoms with E-state index in [1.54, 1.807) is 0 Å². The molecule has 0 heterocycles. The van der Waals surface area contributed by atoms with Crippen LogP contribution in [0.5, 0.6) is 0 Å². The molecule has 2 fully saturated rings. The van der Waals surface area contributed by atoms with Crippen LogP contribution in [0.25, 0.3) is 0 Å². The van der Waals surface area contributed by atoms with Gasteiger partial charge in [-0.15, -0.1) is 0 Å². The van der Waals surface area contributed by atoms with Crippen molar-refractivity contribution in [2.75, 3.05) is 0 Å². The van der Waals surface area contributed by atoms with Crippen LogP contribution in [0.15, 0.2) is 12.8 Å². The smallest absolute Gasteiger partial charge is 0.104 e. The second kappa shape index (κ2) is 2.75. The maximum absolute atomic E-state index is 9.52. The summed E-state index contributed by atoms with van der Waals surface area (Å²) >= 11 is 0. The third kappa shape index (κ3) is 0.967. The van der Waals surface area contributed by atoms with E-state index in [4.69, 9.17) is 4.74 Å². The molecule has 5 atom stereocenters. The molecule has 2 bridgehead atoms. The molecule has 0 radical (unpaired) electrons. The predicted octanol–water partition coefficient (Wildman–Crippen LogP) is 0.277. The minimum atomic E-state index is -0.589. The molecule has 0 aliphatic heterocycles. The molecule has 0 amide bonds. The van der Waals surface area contributed by atoms with Gasteiger partial charge in [0.15, 0.2) is 0 Å². The highest BCUT2D eigenvalue weighted by Crippen LogP contribution is 2.46. The van der Waals surface area contributed by atoms with Crippen LogP contribution in [0.4, 0.5) is 0 Å². The lowest BCUT2D eigenvalue weighted by atomic mass is 9.92. The van der Waals surface area contributed by atoms with Crippen molar-refractivity contribution in [3.05, 3.63) is 12.8 Å². The van der Waals surface area contributed by atoms with Crippen molar-refractivity contribution < 1.29 is 14.9 Å². The van der Waals surface area contributed by atoms with Crippen LogP contribution >= 0.6 is 0 Å². The zero-order valence-corrected chi connectivity index (χ0v) is 6.89. The Kier molecular flexibility index (Phi) is 1.85. The van der Waals surface area contributed by atoms with Crippen LogP contribution in [-0.4, -0.2) is 28.5 Å². The zero-order chi connectivity index (χ0) is 8.72. The van der Waals surface area contributed by atoms with Gasteiger partial charge in [-0.25, -0.2) is 0 Å². The molecule has 0 aromatic carbocycles. The summed E-state index contributed by atoms with van der Waals surface area (Å²) in [6, 6.07) is 0. The molecule has 0 aromatic heterocycles. The molecule has 12 heavy (non-hydrogen) atoms. The molecule has 3 nitrogen and oxygen atoms in total. The monoisotopic (exact) mass is 170 g/mol. The van der Waals surface area contributed by atoms with E-state index in [2.05, 4.69) is 6.58 Å². The highest BCUT2D eigenvalue weighted by molar-refractivity contribution is 5.02. The summed E-state index contributed by atoms with van der Waals surface area (Å²) in [5.74, 6) is 0.345. The molecule has 0 saturated heterocycles. The van der Waals surface area contributed by atoms with E-state index in [0.717, 1.165) is 12.8 Å². The number of ether oxygens (including phenoxy) is 1. The molecular formula is C9H14O3. The van der Waals surface area contributed by atoms with E-state index in [-0.39, 0.29) is 17.9 Å². The van der Waals surface area contributed by atoms with Crippen LogP contribution in [0, 0.1) is 11.8 Å². The topological polar surface area (TPSA) is 49.7 Å². The van der Waals surface area contributed by atoms with Crippen molar-refractivity contribution in [3.63, 3.8) is 0 Å². The lowest BCUT2D eigenvalue weighted by Crippen LogP contribution is -2.39. The summed E-state index contributed by atoms with van der Waals surface area (Å²) in [6.45, 7) is 3.49. The molecule has 2 saturated carbocycles. The minimum absolute atomic E-state index is 0.0749. The first-order chi connectivity index (χ1) is 5.74. The lowest BCUT2D eigenvalue weighted by Gasteiger charge is -2.28. The fourth-order valence-electron chi connectivity index (χ4n) is 2.52. The summed E-state index contributed by atoms with van der Waals surface area (Å²) < 4.78 is 5.25. The first kappa shape index (κ1) is 8.08. The maximum atomic E-state index is 9.52. The van der Waals surface area contributed by atoms with Crippen molar-refractivity contribution >= 4 is 0 Å². The highest BCUT2D eigenvalue weighted by atomic mass is 16.5. The predicted molar refractivity (Wildman–Crippen MR) is 43.3 cm³/mol. The standard InChI is InChI=1S/C9H14O3/c1-2-12-7-4-5-3-6(7)9(11)8(5)10/h2,5-11H,1,3-4H2. The van der Waals surface area contributed by atoms with E-state index in [0.29, 0.717) is 0 Å². The van der Waals surface area contributed by atoms with Crippen molar-refractivity contribution in [3.8, 4) is 0 Å². The molecule has 2 rings (SSSR count). The molecular weight excluding hydrogens is 156 g/mol. The van der Waals surface area contributed by atoms with Gasteiger partial charge < -0.3 is 14.9 Å². The van der Waals surface area contributed by atoms with Crippen LogP contribution in [0.3, 0.4) is 0 Å². The molecule has 3 heteroatoms. The summed E-state index contributed by atoms with van der Waals surface area (Å²) in [7, 11) is 0. The Hall–Kier alpha value is -0.540. The second-order valence-corrected chi connectivity index (χ2v) is 3.72. The Bertz CT molecular complexity index is 190. The fourth-order valence-corrected chi connectivity index (χ4v) is 2.52. The summed E-state index contributed by atoms with van der Waals surface area (Å²) in [4.78, 5) is 0. The highest BCUT2D eigenvalue weighted by Gasteiger charge is 2.52. The number of aliphatic hydroxyl groups is 2.